The molecule has 112 valence electrons. The SMILES string of the molecule is NCC1CCCCC1c1nc(-c2ccc(F)c(Br)c2)no1. The quantitative estimate of drug-likeness (QED) is 0.909. The van der Waals surface area contributed by atoms with Crippen molar-refractivity contribution in [3.05, 3.63) is 34.4 Å². The fraction of sp³-hybridized carbons (Fsp3) is 0.467. The number of halogens is 2. The van der Waals surface area contributed by atoms with Gasteiger partial charge in [0.05, 0.1) is 4.47 Å². The first-order valence-electron chi connectivity index (χ1n) is 7.18. The Morgan fingerprint density at radius 3 is 2.90 bits per heavy atom. The van der Waals surface area contributed by atoms with Crippen LogP contribution in [0.2, 0.25) is 0 Å². The Kier molecular flexibility index (Phi) is 4.35. The molecule has 0 radical (unpaired) electrons. The molecule has 2 N–H and O–H groups in total. The lowest BCUT2D eigenvalue weighted by molar-refractivity contribution is 0.249. The van der Waals surface area contributed by atoms with E-state index in [1.54, 1.807) is 12.1 Å². The zero-order valence-corrected chi connectivity index (χ0v) is 13.1. The van der Waals surface area contributed by atoms with Crippen LogP contribution in [0.25, 0.3) is 11.4 Å². The molecule has 2 atom stereocenters. The van der Waals surface area contributed by atoms with Crippen molar-refractivity contribution in [3.8, 4) is 11.4 Å². The van der Waals surface area contributed by atoms with E-state index < -0.39 is 0 Å². The number of hydrogen-bond donors (Lipinski definition) is 1. The first-order valence-corrected chi connectivity index (χ1v) is 7.97. The van der Waals surface area contributed by atoms with E-state index in [-0.39, 0.29) is 11.7 Å². The lowest BCUT2D eigenvalue weighted by Gasteiger charge is -2.27. The lowest BCUT2D eigenvalue weighted by Crippen LogP contribution is -2.25. The zero-order valence-electron chi connectivity index (χ0n) is 11.6. The molecule has 21 heavy (non-hydrogen) atoms. The molecule has 1 aliphatic rings. The van der Waals surface area contributed by atoms with Crippen molar-refractivity contribution in [2.45, 2.75) is 31.6 Å². The molecule has 1 aromatic heterocycles. The number of rotatable bonds is 3. The van der Waals surface area contributed by atoms with E-state index in [0.29, 0.717) is 28.7 Å². The van der Waals surface area contributed by atoms with Crippen molar-refractivity contribution in [1.29, 1.82) is 0 Å². The van der Waals surface area contributed by atoms with Gasteiger partial charge >= 0.3 is 0 Å². The molecule has 0 bridgehead atoms. The fourth-order valence-electron chi connectivity index (χ4n) is 2.95. The third kappa shape index (κ3) is 3.01. The molecule has 1 fully saturated rings. The van der Waals surface area contributed by atoms with E-state index >= 15 is 0 Å². The smallest absolute Gasteiger partial charge is 0.230 e. The summed E-state index contributed by atoms with van der Waals surface area (Å²) < 4.78 is 19.1. The standard InChI is InChI=1S/C15H17BrFN3O/c16-12-7-9(5-6-13(12)17)14-19-15(21-20-14)11-4-2-1-3-10(11)8-18/h5-7,10-11H,1-4,8,18H2. The molecule has 0 spiro atoms. The van der Waals surface area contributed by atoms with Gasteiger partial charge in [-0.25, -0.2) is 4.39 Å². The van der Waals surface area contributed by atoms with Gasteiger partial charge in [0.1, 0.15) is 5.82 Å². The molecule has 1 aliphatic carbocycles. The van der Waals surface area contributed by atoms with E-state index in [4.69, 9.17) is 10.3 Å². The van der Waals surface area contributed by atoms with Gasteiger partial charge < -0.3 is 10.3 Å². The topological polar surface area (TPSA) is 64.9 Å². The summed E-state index contributed by atoms with van der Waals surface area (Å²) in [5.74, 6) is 1.49. The summed E-state index contributed by atoms with van der Waals surface area (Å²) in [6.45, 7) is 0.643. The third-order valence-electron chi connectivity index (χ3n) is 4.15. The van der Waals surface area contributed by atoms with E-state index in [9.17, 15) is 4.39 Å². The summed E-state index contributed by atoms with van der Waals surface area (Å²) in [5, 5.41) is 4.03. The molecular formula is C15H17BrFN3O. The molecule has 1 aromatic carbocycles. The Labute approximate surface area is 131 Å². The maximum absolute atomic E-state index is 13.3. The first-order chi connectivity index (χ1) is 10.2. The first kappa shape index (κ1) is 14.7. The maximum atomic E-state index is 13.3. The lowest BCUT2D eigenvalue weighted by atomic mass is 9.79. The van der Waals surface area contributed by atoms with Gasteiger partial charge in [-0.15, -0.1) is 0 Å². The number of hydrogen-bond acceptors (Lipinski definition) is 4. The normalized spacial score (nSPS) is 22.4. The largest absolute Gasteiger partial charge is 0.339 e. The summed E-state index contributed by atoms with van der Waals surface area (Å²) in [5.41, 5.74) is 6.58. The highest BCUT2D eigenvalue weighted by Gasteiger charge is 2.30. The molecule has 2 unspecified atom stereocenters. The van der Waals surface area contributed by atoms with Crippen LogP contribution in [-0.4, -0.2) is 16.7 Å². The Bertz CT molecular complexity index is 631. The van der Waals surface area contributed by atoms with Crippen LogP contribution < -0.4 is 5.73 Å². The van der Waals surface area contributed by atoms with Crippen LogP contribution in [-0.2, 0) is 0 Å². The molecule has 3 rings (SSSR count). The minimum atomic E-state index is -0.307. The van der Waals surface area contributed by atoms with Gasteiger partial charge in [-0.2, -0.15) is 4.98 Å². The molecule has 1 saturated carbocycles. The summed E-state index contributed by atoms with van der Waals surface area (Å²) in [6.07, 6.45) is 4.53. The zero-order chi connectivity index (χ0) is 14.8. The second-order valence-corrected chi connectivity index (χ2v) is 6.33. The molecule has 4 nitrogen and oxygen atoms in total. The van der Waals surface area contributed by atoms with E-state index in [1.165, 1.54) is 18.9 Å². The van der Waals surface area contributed by atoms with Gasteiger partial charge in [0.2, 0.25) is 11.7 Å². The van der Waals surface area contributed by atoms with E-state index in [1.807, 2.05) is 0 Å². The molecule has 1 heterocycles. The van der Waals surface area contributed by atoms with Crippen molar-refractivity contribution >= 4 is 15.9 Å². The molecule has 0 saturated heterocycles. The monoisotopic (exact) mass is 353 g/mol. The highest BCUT2D eigenvalue weighted by atomic mass is 79.9. The van der Waals surface area contributed by atoms with Gasteiger partial charge in [-0.05, 0) is 59.4 Å². The van der Waals surface area contributed by atoms with Gasteiger partial charge in [0.15, 0.2) is 0 Å². The third-order valence-corrected chi connectivity index (χ3v) is 4.76. The Morgan fingerprint density at radius 1 is 1.33 bits per heavy atom. The van der Waals surface area contributed by atoms with Crippen LogP contribution >= 0.6 is 15.9 Å². The predicted molar refractivity (Wildman–Crippen MR) is 81.1 cm³/mol. The summed E-state index contributed by atoms with van der Waals surface area (Å²) in [6, 6.07) is 4.69. The van der Waals surface area contributed by atoms with Crippen LogP contribution in [0.5, 0.6) is 0 Å². The van der Waals surface area contributed by atoms with Crippen molar-refractivity contribution in [2.75, 3.05) is 6.54 Å². The minimum absolute atomic E-state index is 0.244. The predicted octanol–water partition coefficient (Wildman–Crippen LogP) is 3.87. The summed E-state index contributed by atoms with van der Waals surface area (Å²) in [4.78, 5) is 4.50. The van der Waals surface area contributed by atoms with Crippen LogP contribution in [0, 0.1) is 11.7 Å². The van der Waals surface area contributed by atoms with E-state index in [0.717, 1.165) is 18.4 Å². The van der Waals surface area contributed by atoms with Gasteiger partial charge in [-0.1, -0.05) is 18.0 Å². The molecular weight excluding hydrogens is 337 g/mol. The van der Waals surface area contributed by atoms with Gasteiger partial charge in [0.25, 0.3) is 0 Å². The van der Waals surface area contributed by atoms with Crippen LogP contribution in [0.15, 0.2) is 27.2 Å². The van der Waals surface area contributed by atoms with Crippen molar-refractivity contribution in [2.24, 2.45) is 11.7 Å². The second kappa shape index (κ2) is 6.23. The van der Waals surface area contributed by atoms with Crippen LogP contribution in [0.1, 0.15) is 37.5 Å². The Morgan fingerprint density at radius 2 is 2.14 bits per heavy atom. The van der Waals surface area contributed by atoms with Crippen molar-refractivity contribution in [1.82, 2.24) is 10.1 Å². The maximum Gasteiger partial charge on any atom is 0.230 e. The number of nitrogens with zero attached hydrogens (tertiary/aromatic N) is 2. The average Bonchev–Trinajstić information content (AvgIpc) is 2.99. The molecule has 6 heteroatoms. The molecule has 0 aliphatic heterocycles. The minimum Gasteiger partial charge on any atom is -0.339 e. The highest BCUT2D eigenvalue weighted by Crippen LogP contribution is 2.37. The van der Waals surface area contributed by atoms with Crippen LogP contribution in [0.3, 0.4) is 0 Å². The van der Waals surface area contributed by atoms with Gasteiger partial charge in [0, 0.05) is 11.5 Å². The average molecular weight is 354 g/mol. The van der Waals surface area contributed by atoms with Gasteiger partial charge in [-0.3, -0.25) is 0 Å². The van der Waals surface area contributed by atoms with Crippen LogP contribution in [0.4, 0.5) is 4.39 Å². The summed E-state index contributed by atoms with van der Waals surface area (Å²) in [7, 11) is 0. The number of benzene rings is 1. The highest BCUT2D eigenvalue weighted by molar-refractivity contribution is 9.10. The summed E-state index contributed by atoms with van der Waals surface area (Å²) >= 11 is 3.17. The molecule has 2 aromatic rings. The molecule has 0 amide bonds. The number of aromatic nitrogens is 2. The fourth-order valence-corrected chi connectivity index (χ4v) is 3.33. The van der Waals surface area contributed by atoms with Crippen molar-refractivity contribution in [3.63, 3.8) is 0 Å². The number of nitrogens with two attached hydrogens (primary N) is 1. The Hall–Kier alpha value is -1.27. The van der Waals surface area contributed by atoms with E-state index in [2.05, 4.69) is 26.1 Å². The van der Waals surface area contributed by atoms with Crippen molar-refractivity contribution < 1.29 is 8.91 Å². The Balaban J connectivity index is 1.86. The second-order valence-electron chi connectivity index (χ2n) is 5.47.